The lowest BCUT2D eigenvalue weighted by molar-refractivity contribution is -0.169. The van der Waals surface area contributed by atoms with Gasteiger partial charge in [0, 0.05) is 25.7 Å². The number of esters is 1. The maximum atomic E-state index is 13.7. The van der Waals surface area contributed by atoms with Gasteiger partial charge in [0.1, 0.15) is 11.2 Å². The summed E-state index contributed by atoms with van der Waals surface area (Å²) in [5.74, 6) is 1.56. The molecule has 5 nitrogen and oxygen atoms in total. The van der Waals surface area contributed by atoms with Crippen LogP contribution in [-0.2, 0) is 9.53 Å². The summed E-state index contributed by atoms with van der Waals surface area (Å²) in [7, 11) is 3.24. The molecule has 3 fully saturated rings. The highest BCUT2D eigenvalue weighted by atomic mass is 16.5. The van der Waals surface area contributed by atoms with E-state index in [0.29, 0.717) is 11.8 Å². The third-order valence-corrected chi connectivity index (χ3v) is 7.96. The number of benzene rings is 1. The van der Waals surface area contributed by atoms with Crippen molar-refractivity contribution in [1.82, 2.24) is 4.90 Å². The Morgan fingerprint density at radius 3 is 2.81 bits per heavy atom. The predicted octanol–water partition coefficient (Wildman–Crippen LogP) is 4.21. The number of fused-ring (bicyclic) bond motifs is 1. The van der Waals surface area contributed by atoms with Crippen LogP contribution >= 0.6 is 0 Å². The molecule has 1 N–H and O–H groups in total. The zero-order valence-corrected chi connectivity index (χ0v) is 19.4. The van der Waals surface area contributed by atoms with Crippen molar-refractivity contribution in [3.63, 3.8) is 0 Å². The van der Waals surface area contributed by atoms with Gasteiger partial charge in [-0.1, -0.05) is 19.4 Å². The maximum Gasteiger partial charge on any atom is 0.317 e. The van der Waals surface area contributed by atoms with E-state index in [-0.39, 0.29) is 18.6 Å². The lowest BCUT2D eigenvalue weighted by Crippen LogP contribution is -2.65. The molecule has 1 saturated carbocycles. The summed E-state index contributed by atoms with van der Waals surface area (Å²) in [6.07, 6.45) is 5.53. The molecule has 3 heterocycles. The summed E-state index contributed by atoms with van der Waals surface area (Å²) in [4.78, 5) is 16.2. The number of aliphatic hydroxyl groups excluding tert-OH is 1. The van der Waals surface area contributed by atoms with E-state index in [1.807, 2.05) is 6.07 Å². The summed E-state index contributed by atoms with van der Waals surface area (Å²) < 4.78 is 11.1. The molecule has 3 aliphatic heterocycles. The van der Waals surface area contributed by atoms with E-state index in [4.69, 9.17) is 9.47 Å². The molecular weight excluding hydrogens is 390 g/mol. The van der Waals surface area contributed by atoms with Crippen molar-refractivity contribution in [2.75, 3.05) is 33.9 Å². The number of hydrogen-bond acceptors (Lipinski definition) is 5. The molecule has 5 atom stereocenters. The van der Waals surface area contributed by atoms with Gasteiger partial charge in [0.05, 0.1) is 14.2 Å². The molecule has 0 amide bonds. The molecule has 4 unspecified atom stereocenters. The third kappa shape index (κ3) is 3.60. The number of aliphatic hydroxyl groups is 1. The first-order chi connectivity index (χ1) is 15.0. The summed E-state index contributed by atoms with van der Waals surface area (Å²) >= 11 is 0. The van der Waals surface area contributed by atoms with Crippen LogP contribution in [0.1, 0.15) is 56.6 Å². The monoisotopic (exact) mass is 427 g/mol. The van der Waals surface area contributed by atoms with Crippen molar-refractivity contribution in [1.29, 1.82) is 0 Å². The average Bonchev–Trinajstić information content (AvgIpc) is 2.87. The Bertz CT molecular complexity index is 863. The van der Waals surface area contributed by atoms with Crippen molar-refractivity contribution in [2.45, 2.75) is 58.4 Å². The first-order valence-corrected chi connectivity index (χ1v) is 11.8. The zero-order valence-electron chi connectivity index (χ0n) is 19.4. The number of carbonyl (C=O) groups is 1. The molecule has 1 aromatic rings. The van der Waals surface area contributed by atoms with Gasteiger partial charge in [-0.05, 0) is 85.3 Å². The van der Waals surface area contributed by atoms with E-state index < -0.39 is 5.41 Å². The quantitative estimate of drug-likeness (QED) is 0.661. The van der Waals surface area contributed by atoms with E-state index in [9.17, 15) is 9.90 Å². The molecule has 170 valence electrons. The highest BCUT2D eigenvalue weighted by Crippen LogP contribution is 2.59. The summed E-state index contributed by atoms with van der Waals surface area (Å²) in [6, 6.07) is 6.38. The second kappa shape index (κ2) is 8.95. The fraction of sp³-hybridized carbons (Fsp3) is 0.654. The van der Waals surface area contributed by atoms with Crippen LogP contribution < -0.4 is 4.74 Å². The number of piperidine rings is 2. The molecule has 31 heavy (non-hydrogen) atoms. The Morgan fingerprint density at radius 1 is 1.32 bits per heavy atom. The minimum absolute atomic E-state index is 0.0850. The summed E-state index contributed by atoms with van der Waals surface area (Å²) in [5.41, 5.74) is 4.38. The predicted molar refractivity (Wildman–Crippen MR) is 122 cm³/mol. The van der Waals surface area contributed by atoms with E-state index >= 15 is 0 Å². The number of nitrogens with zero attached hydrogens (tertiary/aromatic N) is 1. The number of carbonyl (C=O) groups excluding carboxylic acids is 1. The van der Waals surface area contributed by atoms with Gasteiger partial charge in [0.25, 0.3) is 0 Å². The van der Waals surface area contributed by atoms with Crippen molar-refractivity contribution in [3.8, 4) is 5.75 Å². The van der Waals surface area contributed by atoms with Crippen LogP contribution in [0.4, 0.5) is 0 Å². The number of methoxy groups -OCH3 is 2. The Kier molecular flexibility index (Phi) is 6.45. The van der Waals surface area contributed by atoms with E-state index in [2.05, 4.69) is 30.9 Å². The van der Waals surface area contributed by atoms with Gasteiger partial charge in [-0.3, -0.25) is 9.69 Å². The van der Waals surface area contributed by atoms with Crippen molar-refractivity contribution in [3.05, 3.63) is 34.9 Å². The van der Waals surface area contributed by atoms with Crippen LogP contribution in [0.15, 0.2) is 23.8 Å². The van der Waals surface area contributed by atoms with Crippen LogP contribution in [0.25, 0.3) is 5.57 Å². The van der Waals surface area contributed by atoms with Crippen LogP contribution in [0, 0.1) is 24.2 Å². The third-order valence-electron chi connectivity index (χ3n) is 7.96. The van der Waals surface area contributed by atoms with Crippen molar-refractivity contribution >= 4 is 11.5 Å². The number of hydrogen-bond donors (Lipinski definition) is 1. The van der Waals surface area contributed by atoms with Crippen LogP contribution in [0.2, 0.25) is 0 Å². The molecular formula is C26H37NO4. The van der Waals surface area contributed by atoms with Gasteiger partial charge in [0.15, 0.2) is 0 Å². The van der Waals surface area contributed by atoms with Crippen molar-refractivity contribution in [2.24, 2.45) is 17.3 Å². The highest BCUT2D eigenvalue weighted by Gasteiger charge is 2.62. The molecule has 0 aromatic heterocycles. The first-order valence-electron chi connectivity index (χ1n) is 11.8. The standard InChI is InChI=1S/C26H37NO4/c1-5-6-23-21(22-14-20(30-3)8-7-17(22)2)9-11-27-16-18-13-19(10-12-28)24(27)26(23,15-18)25(29)31-4/h7-8,14,18-19,24,28H,5-6,9-13,15-16H2,1-4H3/t18-,19?,24?,26?/m0/s1. The molecule has 0 spiro atoms. The normalized spacial score (nSPS) is 32.0. The van der Waals surface area contributed by atoms with Gasteiger partial charge < -0.3 is 14.6 Å². The topological polar surface area (TPSA) is 59.0 Å². The second-order valence-electron chi connectivity index (χ2n) is 9.62. The minimum atomic E-state index is -0.618. The fourth-order valence-corrected chi connectivity index (χ4v) is 6.95. The molecule has 4 aliphatic rings. The first kappa shape index (κ1) is 22.3. The fourth-order valence-electron chi connectivity index (χ4n) is 6.95. The summed E-state index contributed by atoms with van der Waals surface area (Å²) in [5, 5.41) is 9.79. The summed E-state index contributed by atoms with van der Waals surface area (Å²) in [6.45, 7) is 6.51. The van der Waals surface area contributed by atoms with Crippen molar-refractivity contribution < 1.29 is 19.4 Å². The number of ether oxygens (including phenoxy) is 2. The van der Waals surface area contributed by atoms with Gasteiger partial charge in [-0.2, -0.15) is 0 Å². The second-order valence-corrected chi connectivity index (χ2v) is 9.62. The highest BCUT2D eigenvalue weighted by molar-refractivity contribution is 5.88. The molecule has 5 rings (SSSR count). The molecule has 1 aliphatic carbocycles. The Balaban J connectivity index is 1.97. The van der Waals surface area contributed by atoms with Gasteiger partial charge in [0.2, 0.25) is 0 Å². The lowest BCUT2D eigenvalue weighted by Gasteiger charge is -2.59. The Morgan fingerprint density at radius 2 is 2.13 bits per heavy atom. The maximum absolute atomic E-state index is 13.7. The zero-order chi connectivity index (χ0) is 22.2. The number of aryl methyl sites for hydroxylation is 1. The largest absolute Gasteiger partial charge is 0.497 e. The molecule has 4 bridgehead atoms. The number of rotatable bonds is 7. The van der Waals surface area contributed by atoms with E-state index in [1.54, 1.807) is 7.11 Å². The smallest absolute Gasteiger partial charge is 0.317 e. The van der Waals surface area contributed by atoms with Gasteiger partial charge in [-0.15, -0.1) is 0 Å². The molecule has 0 radical (unpaired) electrons. The Labute approximate surface area is 186 Å². The molecule has 2 saturated heterocycles. The Hall–Kier alpha value is -1.85. The van der Waals surface area contributed by atoms with E-state index in [0.717, 1.165) is 57.4 Å². The lowest BCUT2D eigenvalue weighted by atomic mass is 9.54. The molecule has 5 heteroatoms. The van der Waals surface area contributed by atoms with Gasteiger partial charge >= 0.3 is 5.97 Å². The SMILES string of the molecule is CCCC1=C(c2cc(OC)ccc2C)CCN2C[C@H]3CC(CCO)C2C1(C(=O)OC)C3. The molecule has 1 aromatic carbocycles. The van der Waals surface area contributed by atoms with Crippen LogP contribution in [0.3, 0.4) is 0 Å². The van der Waals surface area contributed by atoms with Gasteiger partial charge in [-0.25, -0.2) is 0 Å². The van der Waals surface area contributed by atoms with E-state index in [1.165, 1.54) is 29.4 Å². The van der Waals surface area contributed by atoms with Crippen LogP contribution in [-0.4, -0.2) is 55.9 Å². The average molecular weight is 428 g/mol. The minimum Gasteiger partial charge on any atom is -0.497 e. The van der Waals surface area contributed by atoms with Crippen LogP contribution in [0.5, 0.6) is 5.75 Å².